The van der Waals surface area contributed by atoms with Crippen molar-refractivity contribution in [3.63, 3.8) is 0 Å². The molecule has 0 atom stereocenters. The van der Waals surface area contributed by atoms with Crippen LogP contribution in [0, 0.1) is 6.66 Å². The molecule has 0 unspecified atom stereocenters. The summed E-state index contributed by atoms with van der Waals surface area (Å²) in [6.07, 6.45) is 0. The second kappa shape index (κ2) is 4.85. The first-order valence-electron chi connectivity index (χ1n) is 7.30. The Morgan fingerprint density at radius 1 is 0.750 bits per heavy atom. The van der Waals surface area contributed by atoms with Crippen molar-refractivity contribution in [3.05, 3.63) is 49.1 Å². The molecule has 0 heterocycles. The fourth-order valence-electron chi connectivity index (χ4n) is 3.19. The van der Waals surface area contributed by atoms with Crippen LogP contribution in [0.4, 0.5) is 0 Å². The van der Waals surface area contributed by atoms with Crippen LogP contribution in [0.15, 0.2) is 42.5 Å². The molecule has 0 amide bonds. The van der Waals surface area contributed by atoms with Crippen LogP contribution >= 0.6 is 7.26 Å². The fourth-order valence-corrected chi connectivity index (χ4v) is 7.45. The molecule has 0 aliphatic heterocycles. The third kappa shape index (κ3) is 2.40. The second-order valence-corrected chi connectivity index (χ2v) is 12.5. The summed E-state index contributed by atoms with van der Waals surface area (Å²) in [6.45, 7) is 18.8. The number of hydrogen-bond acceptors (Lipinski definition) is 0. The molecule has 108 valence electrons. The third-order valence-corrected chi connectivity index (χ3v) is 10.2. The average Bonchev–Trinajstić information content (AvgIpc) is 2.34. The summed E-state index contributed by atoms with van der Waals surface area (Å²) in [4.78, 5) is 0. The van der Waals surface area contributed by atoms with E-state index in [1.807, 2.05) is 0 Å². The van der Waals surface area contributed by atoms with Crippen LogP contribution in [-0.4, -0.2) is 10.3 Å². The third-order valence-electron chi connectivity index (χ3n) is 4.46. The standard InChI is InChI=1S/C19H27P/c1-18(2,3)20(7,19(4,5)6)17-13-12-15-10-8-9-11-16(15)14-17/h8-14H,7H2,1-6H3. The minimum Gasteiger partial charge on any atom is -0.174 e. The number of rotatable bonds is 1. The average molecular weight is 286 g/mol. The topological polar surface area (TPSA) is 0 Å². The van der Waals surface area contributed by atoms with Crippen LogP contribution in [0.2, 0.25) is 0 Å². The zero-order chi connectivity index (χ0) is 15.2. The van der Waals surface area contributed by atoms with Gasteiger partial charge in [0, 0.05) is 0 Å². The Hall–Kier alpha value is -0.870. The highest BCUT2D eigenvalue weighted by molar-refractivity contribution is 7.86. The quantitative estimate of drug-likeness (QED) is 0.454. The van der Waals surface area contributed by atoms with E-state index in [2.05, 4.69) is 84.0 Å². The molecule has 0 bridgehead atoms. The molecule has 0 aliphatic carbocycles. The van der Waals surface area contributed by atoms with Gasteiger partial charge >= 0.3 is 0 Å². The van der Waals surface area contributed by atoms with Gasteiger partial charge in [-0.25, -0.2) is 0 Å². The van der Waals surface area contributed by atoms with Gasteiger partial charge in [0.25, 0.3) is 0 Å². The van der Waals surface area contributed by atoms with Crippen molar-refractivity contribution in [2.75, 3.05) is 0 Å². The minimum absolute atomic E-state index is 0.202. The lowest BCUT2D eigenvalue weighted by molar-refractivity contribution is 0.702. The van der Waals surface area contributed by atoms with Crippen LogP contribution in [0.1, 0.15) is 41.5 Å². The summed E-state index contributed by atoms with van der Waals surface area (Å²) in [5, 5.41) is 4.48. The van der Waals surface area contributed by atoms with E-state index >= 15 is 0 Å². The summed E-state index contributed by atoms with van der Waals surface area (Å²) >= 11 is 0. The lowest BCUT2D eigenvalue weighted by Gasteiger charge is -2.51. The highest BCUT2D eigenvalue weighted by Crippen LogP contribution is 2.74. The van der Waals surface area contributed by atoms with Crippen molar-refractivity contribution in [3.8, 4) is 0 Å². The summed E-state index contributed by atoms with van der Waals surface area (Å²) < 4.78 is 0. The van der Waals surface area contributed by atoms with E-state index in [1.54, 1.807) is 0 Å². The van der Waals surface area contributed by atoms with Crippen molar-refractivity contribution in [1.29, 1.82) is 0 Å². The molecule has 0 aliphatic rings. The molecule has 0 nitrogen and oxygen atoms in total. The molecule has 0 saturated carbocycles. The maximum atomic E-state index is 4.80. The molecule has 0 aromatic heterocycles. The highest BCUT2D eigenvalue weighted by Gasteiger charge is 2.49. The molecule has 1 heteroatoms. The normalized spacial score (nSPS) is 13.8. The molecule has 0 N–H and O–H groups in total. The summed E-state index contributed by atoms with van der Waals surface area (Å²) in [7, 11) is -1.54. The summed E-state index contributed by atoms with van der Waals surface area (Å²) in [6, 6.07) is 15.5. The van der Waals surface area contributed by atoms with Gasteiger partial charge in [-0.2, -0.15) is 6.66 Å². The number of benzene rings is 2. The molecule has 20 heavy (non-hydrogen) atoms. The van der Waals surface area contributed by atoms with Gasteiger partial charge < -0.3 is 0 Å². The maximum absolute atomic E-state index is 4.80. The van der Waals surface area contributed by atoms with Crippen molar-refractivity contribution in [2.24, 2.45) is 0 Å². The molecule has 0 fully saturated rings. The van der Waals surface area contributed by atoms with Crippen LogP contribution in [0.5, 0.6) is 0 Å². The monoisotopic (exact) mass is 286 g/mol. The smallest absolute Gasteiger partial charge is 0.0662 e. The zero-order valence-corrected chi connectivity index (χ0v) is 14.6. The van der Waals surface area contributed by atoms with Gasteiger partial charge in [-0.15, -0.1) is 0 Å². The van der Waals surface area contributed by atoms with Crippen LogP contribution in [0.3, 0.4) is 0 Å². The molecular weight excluding hydrogens is 259 g/mol. The SMILES string of the molecule is [CH2-][P+](c1ccc2ccccc2c1)(C(C)(C)C)C(C)(C)C. The Bertz CT molecular complexity index is 597. The molecule has 0 radical (unpaired) electrons. The Kier molecular flexibility index (Phi) is 3.76. The molecular formula is C19H27P. The lowest BCUT2D eigenvalue weighted by atomic mass is 10.1. The second-order valence-electron chi connectivity index (χ2n) is 7.68. The van der Waals surface area contributed by atoms with Crippen molar-refractivity contribution >= 4 is 23.3 Å². The van der Waals surface area contributed by atoms with Gasteiger partial charge in [0.1, 0.15) is 0 Å². The molecule has 0 saturated heterocycles. The van der Waals surface area contributed by atoms with Gasteiger partial charge in [0.05, 0.1) is 15.6 Å². The Morgan fingerprint density at radius 3 is 1.75 bits per heavy atom. The zero-order valence-electron chi connectivity index (χ0n) is 13.7. The van der Waals surface area contributed by atoms with E-state index in [0.717, 1.165) is 0 Å². The predicted octanol–water partition coefficient (Wildman–Crippen LogP) is 5.87. The van der Waals surface area contributed by atoms with Crippen molar-refractivity contribution in [2.45, 2.75) is 51.9 Å². The molecule has 2 aromatic rings. The van der Waals surface area contributed by atoms with Crippen molar-refractivity contribution in [1.82, 2.24) is 0 Å². The largest absolute Gasteiger partial charge is 0.174 e. The minimum atomic E-state index is -1.54. The molecule has 2 rings (SSSR count). The van der Waals surface area contributed by atoms with Crippen LogP contribution in [0.25, 0.3) is 10.8 Å². The van der Waals surface area contributed by atoms with Gasteiger partial charge in [-0.05, 0) is 64.4 Å². The number of fused-ring (bicyclic) bond motifs is 1. The molecule has 0 spiro atoms. The number of hydrogen-bond donors (Lipinski definition) is 0. The van der Waals surface area contributed by atoms with Crippen molar-refractivity contribution < 1.29 is 0 Å². The predicted molar refractivity (Wildman–Crippen MR) is 95.4 cm³/mol. The van der Waals surface area contributed by atoms with E-state index in [-0.39, 0.29) is 10.3 Å². The van der Waals surface area contributed by atoms with Crippen LogP contribution < -0.4 is 5.30 Å². The maximum Gasteiger partial charge on any atom is 0.0662 e. The summed E-state index contributed by atoms with van der Waals surface area (Å²) in [5.41, 5.74) is 0. The van der Waals surface area contributed by atoms with Crippen LogP contribution in [-0.2, 0) is 0 Å². The van der Waals surface area contributed by atoms with Gasteiger partial charge in [-0.1, -0.05) is 37.6 Å². The van der Waals surface area contributed by atoms with E-state index in [0.29, 0.717) is 0 Å². The first-order chi connectivity index (χ1) is 9.07. The Morgan fingerprint density at radius 2 is 1.25 bits per heavy atom. The first-order valence-corrected chi connectivity index (χ1v) is 9.28. The molecule has 2 aromatic carbocycles. The van der Waals surface area contributed by atoms with E-state index in [9.17, 15) is 0 Å². The van der Waals surface area contributed by atoms with Gasteiger partial charge in [-0.3, -0.25) is 0 Å². The highest BCUT2D eigenvalue weighted by atomic mass is 31.2. The van der Waals surface area contributed by atoms with E-state index in [1.165, 1.54) is 16.1 Å². The van der Waals surface area contributed by atoms with E-state index < -0.39 is 7.26 Å². The Labute approximate surface area is 124 Å². The fraction of sp³-hybridized carbons (Fsp3) is 0.421. The Balaban J connectivity index is 2.70. The summed E-state index contributed by atoms with van der Waals surface area (Å²) in [5.74, 6) is 0. The lowest BCUT2D eigenvalue weighted by Crippen LogP contribution is -2.38. The first kappa shape index (κ1) is 15.5. The van der Waals surface area contributed by atoms with Gasteiger partial charge in [0.15, 0.2) is 0 Å². The van der Waals surface area contributed by atoms with E-state index in [4.69, 9.17) is 6.66 Å². The van der Waals surface area contributed by atoms with Gasteiger partial charge in [0.2, 0.25) is 0 Å².